The van der Waals surface area contributed by atoms with Gasteiger partial charge in [-0.3, -0.25) is 14.3 Å². The zero-order chi connectivity index (χ0) is 23.8. The minimum Gasteiger partial charge on any atom is -0.321 e. The van der Waals surface area contributed by atoms with E-state index in [4.69, 9.17) is 0 Å². The predicted molar refractivity (Wildman–Crippen MR) is 135 cm³/mol. The lowest BCUT2D eigenvalue weighted by Crippen LogP contribution is -2.51. The van der Waals surface area contributed by atoms with Crippen LogP contribution >= 0.6 is 0 Å². The quantitative estimate of drug-likeness (QED) is 0.460. The van der Waals surface area contributed by atoms with Crippen LogP contribution in [0, 0.1) is 0 Å². The average Bonchev–Trinajstić information content (AvgIpc) is 3.20. The lowest BCUT2D eigenvalue weighted by molar-refractivity contribution is 0.120. The van der Waals surface area contributed by atoms with Crippen LogP contribution in [0.25, 0.3) is 27.8 Å². The van der Waals surface area contributed by atoms with Gasteiger partial charge in [-0.25, -0.2) is 4.79 Å². The fourth-order valence-electron chi connectivity index (χ4n) is 4.82. The van der Waals surface area contributed by atoms with Crippen LogP contribution in [0.1, 0.15) is 32.8 Å². The van der Waals surface area contributed by atoms with Crippen molar-refractivity contribution < 1.29 is 4.79 Å². The van der Waals surface area contributed by atoms with Gasteiger partial charge in [-0.1, -0.05) is 43.7 Å². The second-order valence-electron chi connectivity index (χ2n) is 9.31. The predicted octanol–water partition coefficient (Wildman–Crippen LogP) is 4.24. The van der Waals surface area contributed by atoms with Crippen molar-refractivity contribution in [3.05, 3.63) is 70.6 Å². The van der Waals surface area contributed by atoms with E-state index in [1.54, 1.807) is 10.8 Å². The summed E-state index contributed by atoms with van der Waals surface area (Å²) in [5.74, 6) is 0. The zero-order valence-corrected chi connectivity index (χ0v) is 20.1. The smallest absolute Gasteiger partial charge is 0.321 e. The van der Waals surface area contributed by atoms with Crippen molar-refractivity contribution in [1.82, 2.24) is 24.1 Å². The first-order valence-corrected chi connectivity index (χ1v) is 12.1. The molecule has 0 atom stereocenters. The molecule has 176 valence electrons. The number of aromatic nitrogens is 3. The summed E-state index contributed by atoms with van der Waals surface area (Å²) in [7, 11) is 0. The average molecular weight is 458 g/mol. The van der Waals surface area contributed by atoms with Gasteiger partial charge in [-0.2, -0.15) is 9.78 Å². The Bertz CT molecular complexity index is 1340. The van der Waals surface area contributed by atoms with Crippen LogP contribution in [0.2, 0.25) is 0 Å². The molecule has 1 amide bonds. The summed E-state index contributed by atoms with van der Waals surface area (Å²) in [6, 6.07) is 16.0. The van der Waals surface area contributed by atoms with Crippen molar-refractivity contribution in [1.29, 1.82) is 0 Å². The highest BCUT2D eigenvalue weighted by Gasteiger charge is 2.27. The zero-order valence-electron chi connectivity index (χ0n) is 20.1. The molecule has 3 aliphatic heterocycles. The number of benzene rings is 2. The van der Waals surface area contributed by atoms with E-state index in [9.17, 15) is 9.59 Å². The summed E-state index contributed by atoms with van der Waals surface area (Å²) in [5, 5.41) is 5.49. The third-order valence-electron chi connectivity index (χ3n) is 6.80. The Morgan fingerprint density at radius 1 is 1.00 bits per heavy atom. The molecule has 2 aromatic rings. The van der Waals surface area contributed by atoms with E-state index in [0.29, 0.717) is 30.4 Å². The minimum absolute atomic E-state index is 0.0995. The Morgan fingerprint density at radius 3 is 2.38 bits per heavy atom. The molecule has 2 aromatic carbocycles. The number of aryl methyl sites for hydroxylation is 1. The van der Waals surface area contributed by atoms with Gasteiger partial charge in [-0.05, 0) is 44.0 Å². The highest BCUT2D eigenvalue weighted by Crippen LogP contribution is 2.28. The Morgan fingerprint density at radius 2 is 1.71 bits per heavy atom. The first-order chi connectivity index (χ1) is 16.5. The number of pyridine rings is 1. The van der Waals surface area contributed by atoms with Crippen LogP contribution < -0.4 is 5.56 Å². The van der Waals surface area contributed by atoms with Crippen molar-refractivity contribution in [3.8, 4) is 16.9 Å². The molecular formula is C27H31N5O2. The van der Waals surface area contributed by atoms with E-state index in [1.165, 1.54) is 10.2 Å². The molecule has 3 heterocycles. The number of para-hydroxylation sites is 1. The number of piperazine rings is 1. The first kappa shape index (κ1) is 22.3. The largest absolute Gasteiger partial charge is 0.328 e. The normalized spacial score (nSPS) is 15.0. The molecule has 3 aliphatic rings. The van der Waals surface area contributed by atoms with Gasteiger partial charge < -0.3 is 4.90 Å². The summed E-state index contributed by atoms with van der Waals surface area (Å²) in [6.07, 6.45) is 3.75. The van der Waals surface area contributed by atoms with E-state index >= 15 is 0 Å². The second kappa shape index (κ2) is 9.06. The number of nitrogens with zero attached hydrogens (tertiary/aromatic N) is 5. The number of carbonyl (C=O) groups excluding carboxylic acids is 1. The third-order valence-corrected chi connectivity index (χ3v) is 6.80. The molecule has 0 unspecified atom stereocenters. The van der Waals surface area contributed by atoms with Gasteiger partial charge in [0.05, 0.1) is 16.8 Å². The molecule has 0 N–H and O–H groups in total. The van der Waals surface area contributed by atoms with E-state index < -0.39 is 0 Å². The summed E-state index contributed by atoms with van der Waals surface area (Å²) in [4.78, 5) is 31.2. The fraction of sp³-hybridized carbons (Fsp3) is 0.370. The van der Waals surface area contributed by atoms with Crippen LogP contribution in [0.4, 0.5) is 4.79 Å². The van der Waals surface area contributed by atoms with Gasteiger partial charge in [0, 0.05) is 43.8 Å². The van der Waals surface area contributed by atoms with Crippen molar-refractivity contribution in [3.63, 3.8) is 0 Å². The highest BCUT2D eigenvalue weighted by molar-refractivity contribution is 5.99. The van der Waals surface area contributed by atoms with Crippen LogP contribution in [-0.2, 0) is 6.42 Å². The van der Waals surface area contributed by atoms with Gasteiger partial charge in [0.2, 0.25) is 0 Å². The third kappa shape index (κ3) is 3.90. The highest BCUT2D eigenvalue weighted by atomic mass is 16.2. The van der Waals surface area contributed by atoms with Gasteiger partial charge in [-0.15, -0.1) is 0 Å². The fourth-order valence-corrected chi connectivity index (χ4v) is 4.82. The van der Waals surface area contributed by atoms with Crippen LogP contribution in [-0.4, -0.2) is 62.4 Å². The number of carbonyl (C=O) groups is 1. The number of hydrogen-bond acceptors (Lipinski definition) is 4. The maximum Gasteiger partial charge on any atom is 0.328 e. The summed E-state index contributed by atoms with van der Waals surface area (Å²) in [6.45, 7) is 9.55. The van der Waals surface area contributed by atoms with Gasteiger partial charge in [0.25, 0.3) is 5.56 Å². The number of hydrogen-bond donors (Lipinski definition) is 0. The lowest BCUT2D eigenvalue weighted by atomic mass is 10.1. The van der Waals surface area contributed by atoms with E-state index in [1.807, 2.05) is 53.4 Å². The standard InChI is InChI=1S/C27H31N5O2/c1-4-7-20-10-12-21(13-11-20)32-26(33)23-18-31(24-9-6-5-8-22(24)25(23)28-32)27(34)30-16-14-29(15-17-30)19(2)3/h5-6,8-13,18-19H,4,7,14-17H2,1-3H3. The number of rotatable bonds is 4. The Kier molecular flexibility index (Phi) is 5.96. The molecule has 0 radical (unpaired) electrons. The molecule has 5 rings (SSSR count). The van der Waals surface area contributed by atoms with Gasteiger partial charge in [0.15, 0.2) is 0 Å². The number of fused-ring (bicyclic) bond motifs is 3. The molecule has 1 fully saturated rings. The molecule has 0 aromatic heterocycles. The summed E-state index contributed by atoms with van der Waals surface area (Å²) >= 11 is 0. The monoisotopic (exact) mass is 457 g/mol. The topological polar surface area (TPSA) is 63.4 Å². The van der Waals surface area contributed by atoms with Crippen molar-refractivity contribution in [2.24, 2.45) is 0 Å². The van der Waals surface area contributed by atoms with Crippen molar-refractivity contribution in [2.45, 2.75) is 39.7 Å². The maximum atomic E-state index is 13.6. The Labute approximate surface area is 199 Å². The molecule has 0 saturated carbocycles. The molecule has 34 heavy (non-hydrogen) atoms. The molecule has 7 heteroatoms. The summed E-state index contributed by atoms with van der Waals surface area (Å²) < 4.78 is 3.07. The SMILES string of the molecule is CCCc1ccc(-n2nc3c4ccccc4n(C(=O)N4CCN(C(C)C)CC4)cc-3c2=O)cc1. The van der Waals surface area contributed by atoms with Crippen LogP contribution in [0.5, 0.6) is 0 Å². The second-order valence-corrected chi connectivity index (χ2v) is 9.31. The van der Waals surface area contributed by atoms with Crippen LogP contribution in [0.15, 0.2) is 59.5 Å². The van der Waals surface area contributed by atoms with Gasteiger partial charge >= 0.3 is 6.03 Å². The van der Waals surface area contributed by atoms with Gasteiger partial charge in [0.1, 0.15) is 5.69 Å². The Hall–Kier alpha value is -3.45. The van der Waals surface area contributed by atoms with Crippen molar-refractivity contribution in [2.75, 3.05) is 26.2 Å². The number of amides is 1. The molecule has 0 aliphatic carbocycles. The molecule has 1 saturated heterocycles. The molecule has 0 spiro atoms. The van der Waals surface area contributed by atoms with E-state index in [2.05, 4.69) is 30.8 Å². The van der Waals surface area contributed by atoms with Crippen molar-refractivity contribution >= 4 is 16.9 Å². The lowest BCUT2D eigenvalue weighted by Gasteiger charge is -2.37. The van der Waals surface area contributed by atoms with Crippen LogP contribution in [0.3, 0.4) is 0 Å². The van der Waals surface area contributed by atoms with E-state index in [0.717, 1.165) is 42.5 Å². The molecule has 7 nitrogen and oxygen atoms in total. The first-order valence-electron chi connectivity index (χ1n) is 12.1. The molecular weight excluding hydrogens is 426 g/mol. The maximum absolute atomic E-state index is 13.6. The van der Waals surface area contributed by atoms with E-state index in [-0.39, 0.29) is 11.6 Å². The summed E-state index contributed by atoms with van der Waals surface area (Å²) in [5.41, 5.74) is 3.58. The molecule has 0 bridgehead atoms. The minimum atomic E-state index is -0.213. The Balaban J connectivity index is 1.57.